The van der Waals surface area contributed by atoms with Crippen LogP contribution in [0.1, 0.15) is 12.5 Å². The van der Waals surface area contributed by atoms with Crippen LogP contribution in [0.5, 0.6) is 5.75 Å². The van der Waals surface area contributed by atoms with Crippen molar-refractivity contribution in [1.29, 1.82) is 0 Å². The zero-order chi connectivity index (χ0) is 12.1. The molecule has 1 atom stereocenters. The van der Waals surface area contributed by atoms with Gasteiger partial charge in [0, 0.05) is 13.6 Å². The summed E-state index contributed by atoms with van der Waals surface area (Å²) in [7, 11) is 3.28. The van der Waals surface area contributed by atoms with Gasteiger partial charge in [0.15, 0.2) is 0 Å². The fourth-order valence-corrected chi connectivity index (χ4v) is 1.40. The van der Waals surface area contributed by atoms with Crippen molar-refractivity contribution >= 4 is 5.91 Å². The van der Waals surface area contributed by atoms with E-state index < -0.39 is 6.10 Å². The van der Waals surface area contributed by atoms with E-state index in [1.807, 2.05) is 24.3 Å². The second-order valence-electron chi connectivity index (χ2n) is 3.72. The Bertz CT molecular complexity index is 346. The van der Waals surface area contributed by atoms with Crippen LogP contribution >= 0.6 is 0 Å². The minimum atomic E-state index is -0.955. The third-order valence-corrected chi connectivity index (χ3v) is 2.31. The standard InChI is InChI=1S/C12H17NO3/c1-9(14)12(15)13(2)8-10-4-6-11(16-3)7-5-10/h4-7,9,14H,8H2,1-3H3. The lowest BCUT2D eigenvalue weighted by atomic mass is 10.2. The summed E-state index contributed by atoms with van der Waals surface area (Å²) in [5.74, 6) is 0.504. The molecule has 16 heavy (non-hydrogen) atoms. The summed E-state index contributed by atoms with van der Waals surface area (Å²) in [6, 6.07) is 7.47. The number of carbonyl (C=O) groups is 1. The Kier molecular flexibility index (Phi) is 4.31. The molecule has 1 N–H and O–H groups in total. The molecule has 0 aliphatic heterocycles. The van der Waals surface area contributed by atoms with Gasteiger partial charge in [0.25, 0.3) is 5.91 Å². The first kappa shape index (κ1) is 12.5. The summed E-state index contributed by atoms with van der Waals surface area (Å²) in [6.07, 6.45) is -0.955. The van der Waals surface area contributed by atoms with Crippen molar-refractivity contribution < 1.29 is 14.6 Å². The number of hydrogen-bond acceptors (Lipinski definition) is 3. The lowest BCUT2D eigenvalue weighted by Crippen LogP contribution is -2.34. The van der Waals surface area contributed by atoms with Gasteiger partial charge in [-0.2, -0.15) is 0 Å². The average Bonchev–Trinajstić information content (AvgIpc) is 2.28. The maximum atomic E-state index is 11.4. The first-order valence-electron chi connectivity index (χ1n) is 5.10. The highest BCUT2D eigenvalue weighted by molar-refractivity contribution is 5.79. The first-order valence-corrected chi connectivity index (χ1v) is 5.10. The summed E-state index contributed by atoms with van der Waals surface area (Å²) in [6.45, 7) is 1.95. The number of amides is 1. The number of aliphatic hydroxyl groups is 1. The van der Waals surface area contributed by atoms with Crippen molar-refractivity contribution in [2.75, 3.05) is 14.2 Å². The molecule has 0 radical (unpaired) electrons. The molecule has 0 aliphatic carbocycles. The number of rotatable bonds is 4. The molecule has 0 saturated carbocycles. The zero-order valence-electron chi connectivity index (χ0n) is 9.80. The number of ether oxygens (including phenoxy) is 1. The number of benzene rings is 1. The number of likely N-dealkylation sites (N-methyl/N-ethyl adjacent to an activating group) is 1. The Morgan fingerprint density at radius 3 is 2.44 bits per heavy atom. The van der Waals surface area contributed by atoms with Gasteiger partial charge in [-0.25, -0.2) is 0 Å². The van der Waals surface area contributed by atoms with E-state index in [4.69, 9.17) is 9.84 Å². The van der Waals surface area contributed by atoms with Crippen LogP contribution in [0.15, 0.2) is 24.3 Å². The van der Waals surface area contributed by atoms with E-state index in [-0.39, 0.29) is 5.91 Å². The van der Waals surface area contributed by atoms with Gasteiger partial charge in [0.05, 0.1) is 7.11 Å². The predicted molar refractivity (Wildman–Crippen MR) is 61.1 cm³/mol. The molecule has 1 aromatic rings. The molecular weight excluding hydrogens is 206 g/mol. The molecule has 4 nitrogen and oxygen atoms in total. The van der Waals surface area contributed by atoms with Crippen molar-refractivity contribution in [3.63, 3.8) is 0 Å². The van der Waals surface area contributed by atoms with Gasteiger partial charge in [-0.3, -0.25) is 4.79 Å². The van der Waals surface area contributed by atoms with Gasteiger partial charge in [-0.15, -0.1) is 0 Å². The van der Waals surface area contributed by atoms with Crippen molar-refractivity contribution in [1.82, 2.24) is 4.90 Å². The van der Waals surface area contributed by atoms with E-state index in [9.17, 15) is 4.79 Å². The van der Waals surface area contributed by atoms with Gasteiger partial charge in [0.2, 0.25) is 0 Å². The third-order valence-electron chi connectivity index (χ3n) is 2.31. The summed E-state index contributed by atoms with van der Waals surface area (Å²) >= 11 is 0. The normalized spacial score (nSPS) is 12.0. The smallest absolute Gasteiger partial charge is 0.251 e. The van der Waals surface area contributed by atoms with Gasteiger partial charge in [0.1, 0.15) is 11.9 Å². The summed E-state index contributed by atoms with van der Waals surface area (Å²) in [5, 5.41) is 9.14. The van der Waals surface area contributed by atoms with Crippen LogP contribution in [0.4, 0.5) is 0 Å². The van der Waals surface area contributed by atoms with Crippen molar-refractivity contribution in [2.24, 2.45) is 0 Å². The molecule has 0 aromatic heterocycles. The zero-order valence-corrected chi connectivity index (χ0v) is 9.80. The van der Waals surface area contributed by atoms with Crippen LogP contribution in [0.2, 0.25) is 0 Å². The topological polar surface area (TPSA) is 49.8 Å². The maximum absolute atomic E-state index is 11.4. The summed E-state index contributed by atoms with van der Waals surface area (Å²) in [5.41, 5.74) is 0.998. The molecule has 1 aromatic carbocycles. The van der Waals surface area contributed by atoms with E-state index in [1.165, 1.54) is 11.8 Å². The van der Waals surface area contributed by atoms with E-state index in [0.717, 1.165) is 11.3 Å². The third kappa shape index (κ3) is 3.24. The van der Waals surface area contributed by atoms with E-state index in [1.54, 1.807) is 14.2 Å². The van der Waals surface area contributed by atoms with Crippen LogP contribution in [0, 0.1) is 0 Å². The Labute approximate surface area is 95.5 Å². The highest BCUT2D eigenvalue weighted by Crippen LogP contribution is 2.12. The second-order valence-corrected chi connectivity index (χ2v) is 3.72. The van der Waals surface area contributed by atoms with Crippen LogP contribution in [-0.4, -0.2) is 36.2 Å². The highest BCUT2D eigenvalue weighted by atomic mass is 16.5. The molecule has 1 rings (SSSR count). The van der Waals surface area contributed by atoms with E-state index in [2.05, 4.69) is 0 Å². The van der Waals surface area contributed by atoms with Crippen LogP contribution in [0.25, 0.3) is 0 Å². The second kappa shape index (κ2) is 5.51. The van der Waals surface area contributed by atoms with Gasteiger partial charge < -0.3 is 14.7 Å². The summed E-state index contributed by atoms with van der Waals surface area (Å²) < 4.78 is 5.04. The minimum Gasteiger partial charge on any atom is -0.497 e. The molecule has 88 valence electrons. The molecule has 1 amide bonds. The van der Waals surface area contributed by atoms with Crippen LogP contribution in [-0.2, 0) is 11.3 Å². The van der Waals surface area contributed by atoms with Crippen LogP contribution in [0.3, 0.4) is 0 Å². The number of methoxy groups -OCH3 is 1. The molecule has 0 aliphatic rings. The quantitative estimate of drug-likeness (QED) is 0.829. The molecule has 0 spiro atoms. The Morgan fingerprint density at radius 2 is 2.00 bits per heavy atom. The lowest BCUT2D eigenvalue weighted by Gasteiger charge is -2.18. The lowest BCUT2D eigenvalue weighted by molar-refractivity contribution is -0.138. The van der Waals surface area contributed by atoms with Gasteiger partial charge >= 0.3 is 0 Å². The highest BCUT2D eigenvalue weighted by Gasteiger charge is 2.14. The van der Waals surface area contributed by atoms with Gasteiger partial charge in [-0.05, 0) is 24.6 Å². The first-order chi connectivity index (χ1) is 7.54. The van der Waals surface area contributed by atoms with Gasteiger partial charge in [-0.1, -0.05) is 12.1 Å². The van der Waals surface area contributed by atoms with Crippen molar-refractivity contribution in [2.45, 2.75) is 19.6 Å². The maximum Gasteiger partial charge on any atom is 0.251 e. The Morgan fingerprint density at radius 1 is 1.44 bits per heavy atom. The summed E-state index contributed by atoms with van der Waals surface area (Å²) in [4.78, 5) is 12.9. The number of carbonyl (C=O) groups excluding carboxylic acids is 1. The largest absolute Gasteiger partial charge is 0.497 e. The fourth-order valence-electron chi connectivity index (χ4n) is 1.40. The fraction of sp³-hybridized carbons (Fsp3) is 0.417. The molecular formula is C12H17NO3. The molecule has 4 heteroatoms. The number of aliphatic hydroxyl groups excluding tert-OH is 1. The van der Waals surface area contributed by atoms with E-state index >= 15 is 0 Å². The average molecular weight is 223 g/mol. The number of nitrogens with zero attached hydrogens (tertiary/aromatic N) is 1. The van der Waals surface area contributed by atoms with Crippen molar-refractivity contribution in [3.8, 4) is 5.75 Å². The molecule has 0 fully saturated rings. The molecule has 1 unspecified atom stereocenters. The molecule has 0 saturated heterocycles. The Hall–Kier alpha value is -1.55. The number of hydrogen-bond donors (Lipinski definition) is 1. The molecule has 0 bridgehead atoms. The molecule has 0 heterocycles. The Balaban J connectivity index is 2.62. The van der Waals surface area contributed by atoms with Crippen LogP contribution < -0.4 is 4.74 Å². The minimum absolute atomic E-state index is 0.282. The SMILES string of the molecule is COc1ccc(CN(C)C(=O)C(C)O)cc1. The predicted octanol–water partition coefficient (Wildman–Crippen LogP) is 1.03. The van der Waals surface area contributed by atoms with E-state index in [0.29, 0.717) is 6.54 Å². The van der Waals surface area contributed by atoms with Crippen molar-refractivity contribution in [3.05, 3.63) is 29.8 Å². The monoisotopic (exact) mass is 223 g/mol.